The number of nitrogen functional groups attached to an aromatic ring is 1. The van der Waals surface area contributed by atoms with Gasteiger partial charge in [-0.2, -0.15) is 0 Å². The lowest BCUT2D eigenvalue weighted by molar-refractivity contribution is -0.129. The van der Waals surface area contributed by atoms with Crippen LogP contribution in [-0.2, 0) is 4.79 Å². The summed E-state index contributed by atoms with van der Waals surface area (Å²) in [5, 5.41) is 8.36. The molecule has 1 aromatic rings. The zero-order valence-corrected chi connectivity index (χ0v) is 13.1. The van der Waals surface area contributed by atoms with Crippen molar-refractivity contribution < 1.29 is 24.3 Å². The fraction of sp³-hybridized carbons (Fsp3) is 0.467. The normalized spacial score (nSPS) is 10.0. The Labute approximate surface area is 134 Å². The number of nitrogens with two attached hydrogens (primary N) is 1. The van der Waals surface area contributed by atoms with E-state index in [2.05, 4.69) is 5.43 Å². The highest BCUT2D eigenvalue weighted by atomic mass is 16.5. The number of hydroxylamine groups is 1. The number of amides is 2. The first-order chi connectivity index (χ1) is 11.1. The summed E-state index contributed by atoms with van der Waals surface area (Å²) in [6.07, 6.45) is 3.65. The van der Waals surface area contributed by atoms with Crippen LogP contribution >= 0.6 is 0 Å². The van der Waals surface area contributed by atoms with Crippen LogP contribution in [-0.4, -0.2) is 30.7 Å². The van der Waals surface area contributed by atoms with E-state index in [0.717, 1.165) is 25.7 Å². The summed E-state index contributed by atoms with van der Waals surface area (Å²) in [4.78, 5) is 22.3. The van der Waals surface area contributed by atoms with Crippen LogP contribution in [0.1, 0.15) is 42.5 Å². The summed E-state index contributed by atoms with van der Waals surface area (Å²) in [5.74, 6) is 5.34. The Hall–Kier alpha value is -2.32. The molecule has 2 amide bonds. The molecule has 0 radical (unpaired) electrons. The Morgan fingerprint density at radius 3 is 2.57 bits per heavy atom. The van der Waals surface area contributed by atoms with Crippen molar-refractivity contribution >= 4 is 11.8 Å². The van der Waals surface area contributed by atoms with Gasteiger partial charge < -0.3 is 9.47 Å². The molecule has 0 saturated carbocycles. The Balaban J connectivity index is 2.34. The van der Waals surface area contributed by atoms with Crippen molar-refractivity contribution in [1.82, 2.24) is 10.9 Å². The van der Waals surface area contributed by atoms with Crippen molar-refractivity contribution in [2.75, 3.05) is 13.7 Å². The number of benzene rings is 1. The van der Waals surface area contributed by atoms with Gasteiger partial charge in [0.2, 0.25) is 5.91 Å². The smallest absolute Gasteiger partial charge is 0.265 e. The van der Waals surface area contributed by atoms with Crippen molar-refractivity contribution in [2.24, 2.45) is 5.84 Å². The number of nitrogens with one attached hydrogen (secondary N) is 2. The lowest BCUT2D eigenvalue weighted by Crippen LogP contribution is -2.29. The SMILES string of the molecule is COc1cc(C(=O)NN)ccc1OCCCCCCC(=O)NO. The van der Waals surface area contributed by atoms with Crippen LogP contribution in [0.15, 0.2) is 18.2 Å². The molecule has 0 aliphatic rings. The number of carbonyl (C=O) groups excluding carboxylic acids is 2. The molecule has 1 aromatic carbocycles. The third-order valence-corrected chi connectivity index (χ3v) is 3.24. The van der Waals surface area contributed by atoms with E-state index in [9.17, 15) is 9.59 Å². The fourth-order valence-electron chi connectivity index (χ4n) is 1.99. The molecule has 8 heteroatoms. The zero-order chi connectivity index (χ0) is 17.1. The van der Waals surface area contributed by atoms with Crippen LogP contribution in [0.5, 0.6) is 11.5 Å². The van der Waals surface area contributed by atoms with E-state index in [4.69, 9.17) is 20.5 Å². The minimum absolute atomic E-state index is 0.315. The zero-order valence-electron chi connectivity index (χ0n) is 13.1. The Morgan fingerprint density at radius 1 is 1.17 bits per heavy atom. The van der Waals surface area contributed by atoms with E-state index in [-0.39, 0.29) is 5.91 Å². The van der Waals surface area contributed by atoms with Crippen molar-refractivity contribution in [3.63, 3.8) is 0 Å². The molecule has 8 nitrogen and oxygen atoms in total. The quantitative estimate of drug-likeness (QED) is 0.168. The molecule has 5 N–H and O–H groups in total. The molecule has 0 aliphatic heterocycles. The Bertz CT molecular complexity index is 522. The van der Waals surface area contributed by atoms with Crippen LogP contribution in [0.2, 0.25) is 0 Å². The molecule has 0 aromatic heterocycles. The topological polar surface area (TPSA) is 123 Å². The number of ether oxygens (including phenoxy) is 2. The van der Waals surface area contributed by atoms with Crippen LogP contribution in [0, 0.1) is 0 Å². The van der Waals surface area contributed by atoms with E-state index < -0.39 is 5.91 Å². The van der Waals surface area contributed by atoms with Gasteiger partial charge in [0.15, 0.2) is 11.5 Å². The molecule has 0 heterocycles. The third-order valence-electron chi connectivity index (χ3n) is 3.24. The van der Waals surface area contributed by atoms with E-state index in [0.29, 0.717) is 30.1 Å². The summed E-state index contributed by atoms with van der Waals surface area (Å²) in [5.41, 5.74) is 4.05. The first kappa shape index (κ1) is 18.7. The highest BCUT2D eigenvalue weighted by Gasteiger charge is 2.10. The molecule has 23 heavy (non-hydrogen) atoms. The Morgan fingerprint density at radius 2 is 1.91 bits per heavy atom. The number of hydrogen-bond donors (Lipinski definition) is 4. The van der Waals surface area contributed by atoms with Gasteiger partial charge in [-0.1, -0.05) is 12.8 Å². The third kappa shape index (κ3) is 6.54. The molecule has 0 fully saturated rings. The predicted molar refractivity (Wildman–Crippen MR) is 83.2 cm³/mol. The number of unbranched alkanes of at least 4 members (excludes halogenated alkanes) is 3. The van der Waals surface area contributed by atoms with Crippen molar-refractivity contribution in [1.29, 1.82) is 0 Å². The second-order valence-corrected chi connectivity index (χ2v) is 4.89. The minimum Gasteiger partial charge on any atom is -0.493 e. The van der Waals surface area contributed by atoms with Gasteiger partial charge in [0.05, 0.1) is 13.7 Å². The maximum absolute atomic E-state index is 11.4. The Kier molecular flexibility index (Phi) is 8.48. The van der Waals surface area contributed by atoms with E-state index in [1.54, 1.807) is 23.7 Å². The molecule has 0 spiro atoms. The average molecular weight is 325 g/mol. The van der Waals surface area contributed by atoms with E-state index in [1.165, 1.54) is 7.11 Å². The number of carbonyl (C=O) groups is 2. The lowest BCUT2D eigenvalue weighted by atomic mass is 10.1. The molecule has 1 rings (SSSR count). The van der Waals surface area contributed by atoms with Gasteiger partial charge >= 0.3 is 0 Å². The standard InChI is InChI=1S/C15H23N3O5/c1-22-13-10-11(15(20)17-16)7-8-12(13)23-9-5-3-2-4-6-14(19)18-21/h7-8,10,21H,2-6,9,16H2,1H3,(H,17,20)(H,18,19). The molecule has 0 saturated heterocycles. The first-order valence-corrected chi connectivity index (χ1v) is 7.37. The predicted octanol–water partition coefficient (Wildman–Crippen LogP) is 1.13. The summed E-state index contributed by atoms with van der Waals surface area (Å²) < 4.78 is 10.8. The van der Waals surface area contributed by atoms with E-state index in [1.807, 2.05) is 0 Å². The van der Waals surface area contributed by atoms with Gasteiger partial charge in [-0.05, 0) is 31.0 Å². The second kappa shape index (κ2) is 10.4. The number of hydrazine groups is 1. The largest absolute Gasteiger partial charge is 0.493 e. The van der Waals surface area contributed by atoms with Crippen LogP contribution in [0.4, 0.5) is 0 Å². The van der Waals surface area contributed by atoms with Crippen molar-refractivity contribution in [3.05, 3.63) is 23.8 Å². The van der Waals surface area contributed by atoms with Gasteiger partial charge in [0.25, 0.3) is 5.91 Å². The summed E-state index contributed by atoms with van der Waals surface area (Å²) in [6, 6.07) is 4.83. The van der Waals surface area contributed by atoms with Crippen molar-refractivity contribution in [3.8, 4) is 11.5 Å². The lowest BCUT2D eigenvalue weighted by Gasteiger charge is -2.11. The van der Waals surface area contributed by atoms with E-state index >= 15 is 0 Å². The maximum Gasteiger partial charge on any atom is 0.265 e. The van der Waals surface area contributed by atoms with Crippen molar-refractivity contribution in [2.45, 2.75) is 32.1 Å². The highest BCUT2D eigenvalue weighted by Crippen LogP contribution is 2.28. The molecule has 128 valence electrons. The minimum atomic E-state index is -0.401. The summed E-state index contributed by atoms with van der Waals surface area (Å²) in [6.45, 7) is 0.505. The fourth-order valence-corrected chi connectivity index (χ4v) is 1.99. The molecule has 0 aliphatic carbocycles. The molecule has 0 atom stereocenters. The van der Waals surface area contributed by atoms with Gasteiger partial charge in [0.1, 0.15) is 0 Å². The van der Waals surface area contributed by atoms with Crippen LogP contribution < -0.4 is 26.2 Å². The number of methoxy groups -OCH3 is 1. The summed E-state index contributed by atoms with van der Waals surface area (Å²) >= 11 is 0. The van der Waals surface area contributed by atoms with Gasteiger partial charge in [0, 0.05) is 12.0 Å². The number of hydrogen-bond acceptors (Lipinski definition) is 6. The molecular weight excluding hydrogens is 302 g/mol. The highest BCUT2D eigenvalue weighted by molar-refractivity contribution is 5.94. The monoisotopic (exact) mass is 325 g/mol. The van der Waals surface area contributed by atoms with Crippen LogP contribution in [0.25, 0.3) is 0 Å². The second-order valence-electron chi connectivity index (χ2n) is 4.89. The molecule has 0 unspecified atom stereocenters. The van der Waals surface area contributed by atoms with Gasteiger partial charge in [-0.3, -0.25) is 20.2 Å². The maximum atomic E-state index is 11.4. The van der Waals surface area contributed by atoms with Gasteiger partial charge in [-0.15, -0.1) is 0 Å². The molecule has 0 bridgehead atoms. The summed E-state index contributed by atoms with van der Waals surface area (Å²) in [7, 11) is 1.50. The first-order valence-electron chi connectivity index (χ1n) is 7.37. The number of rotatable bonds is 10. The van der Waals surface area contributed by atoms with Gasteiger partial charge in [-0.25, -0.2) is 11.3 Å². The van der Waals surface area contributed by atoms with Crippen LogP contribution in [0.3, 0.4) is 0 Å². The average Bonchev–Trinajstić information content (AvgIpc) is 2.59. The molecular formula is C15H23N3O5.